The lowest BCUT2D eigenvalue weighted by Gasteiger charge is -2.10. The van der Waals surface area contributed by atoms with E-state index >= 15 is 0 Å². The summed E-state index contributed by atoms with van der Waals surface area (Å²) >= 11 is 0. The first kappa shape index (κ1) is 15.0. The Hall–Kier alpha value is -2.87. The minimum absolute atomic E-state index is 0.265. The highest BCUT2D eigenvalue weighted by Crippen LogP contribution is 2.29. The van der Waals surface area contributed by atoms with Gasteiger partial charge in [-0.25, -0.2) is 4.79 Å². The summed E-state index contributed by atoms with van der Waals surface area (Å²) in [5.41, 5.74) is 0.637. The minimum Gasteiger partial charge on any atom is -0.458 e. The second-order valence-electron chi connectivity index (χ2n) is 5.25. The second kappa shape index (κ2) is 6.93. The number of rotatable bonds is 4. The van der Waals surface area contributed by atoms with Crippen molar-refractivity contribution < 1.29 is 9.53 Å². The Morgan fingerprint density at radius 3 is 2.17 bits per heavy atom. The molecule has 0 heterocycles. The van der Waals surface area contributed by atoms with E-state index in [2.05, 4.69) is 6.07 Å². The van der Waals surface area contributed by atoms with Crippen LogP contribution >= 0.6 is 0 Å². The summed E-state index contributed by atoms with van der Waals surface area (Å²) in [4.78, 5) is 12.6. The topological polar surface area (TPSA) is 26.3 Å². The van der Waals surface area contributed by atoms with E-state index < -0.39 is 0 Å². The Kier molecular flexibility index (Phi) is 4.53. The Morgan fingerprint density at radius 2 is 1.57 bits per heavy atom. The van der Waals surface area contributed by atoms with Crippen LogP contribution in [0.4, 0.5) is 0 Å². The van der Waals surface area contributed by atoms with Crippen LogP contribution in [0, 0.1) is 0 Å². The summed E-state index contributed by atoms with van der Waals surface area (Å²) in [6, 6.07) is 17.9. The quantitative estimate of drug-likeness (QED) is 0.372. The second-order valence-corrected chi connectivity index (χ2v) is 5.25. The molecule has 3 aromatic rings. The van der Waals surface area contributed by atoms with Crippen LogP contribution in [0.5, 0.6) is 0 Å². The van der Waals surface area contributed by atoms with Gasteiger partial charge in [-0.05, 0) is 40.6 Å². The Balaban J connectivity index is 2.04. The van der Waals surface area contributed by atoms with Gasteiger partial charge in [0, 0.05) is 0 Å². The van der Waals surface area contributed by atoms with Crippen LogP contribution in [0.25, 0.3) is 21.5 Å². The molecule has 0 aromatic heterocycles. The number of benzene rings is 3. The van der Waals surface area contributed by atoms with Crippen molar-refractivity contribution in [1.29, 1.82) is 0 Å². The molecule has 0 aliphatic carbocycles. The average molecular weight is 302 g/mol. The Labute approximate surface area is 135 Å². The van der Waals surface area contributed by atoms with E-state index in [0.717, 1.165) is 21.5 Å². The third-order valence-electron chi connectivity index (χ3n) is 3.73. The van der Waals surface area contributed by atoms with Gasteiger partial charge in [-0.3, -0.25) is 0 Å². The number of carbonyl (C=O) groups is 1. The molecule has 114 valence electrons. The molecule has 2 heteroatoms. The molecule has 0 N–H and O–H groups in total. The lowest BCUT2D eigenvalue weighted by atomic mass is 9.97. The maximum absolute atomic E-state index is 12.6. The molecule has 23 heavy (non-hydrogen) atoms. The SMILES string of the molecule is C/C=C/C=C/COC(=O)c1c2ccccc2cc2ccccc12. The third kappa shape index (κ3) is 3.16. The van der Waals surface area contributed by atoms with Gasteiger partial charge in [-0.1, -0.05) is 66.8 Å². The molecule has 0 fully saturated rings. The molecule has 0 saturated carbocycles. The fourth-order valence-corrected chi connectivity index (χ4v) is 2.67. The van der Waals surface area contributed by atoms with Crippen LogP contribution in [0.1, 0.15) is 17.3 Å². The van der Waals surface area contributed by atoms with Crippen molar-refractivity contribution in [3.63, 3.8) is 0 Å². The van der Waals surface area contributed by atoms with Gasteiger partial charge >= 0.3 is 5.97 Å². The van der Waals surface area contributed by atoms with Gasteiger partial charge < -0.3 is 4.74 Å². The van der Waals surface area contributed by atoms with Crippen molar-refractivity contribution in [2.24, 2.45) is 0 Å². The van der Waals surface area contributed by atoms with Gasteiger partial charge in [0.1, 0.15) is 6.61 Å². The molecule has 3 rings (SSSR count). The molecule has 0 aliphatic rings. The maximum Gasteiger partial charge on any atom is 0.339 e. The number of allylic oxidation sites excluding steroid dienone is 3. The van der Waals surface area contributed by atoms with Crippen molar-refractivity contribution in [2.75, 3.05) is 6.61 Å². The number of hydrogen-bond donors (Lipinski definition) is 0. The zero-order chi connectivity index (χ0) is 16.1. The summed E-state index contributed by atoms with van der Waals surface area (Å²) in [5, 5.41) is 3.94. The fourth-order valence-electron chi connectivity index (χ4n) is 2.67. The number of hydrogen-bond acceptors (Lipinski definition) is 2. The van der Waals surface area contributed by atoms with Gasteiger partial charge in [-0.2, -0.15) is 0 Å². The predicted molar refractivity (Wildman–Crippen MR) is 95.7 cm³/mol. The van der Waals surface area contributed by atoms with Gasteiger partial charge in [0.25, 0.3) is 0 Å². The van der Waals surface area contributed by atoms with E-state index in [-0.39, 0.29) is 12.6 Å². The molecule has 0 amide bonds. The van der Waals surface area contributed by atoms with E-state index in [1.54, 1.807) is 0 Å². The Bertz CT molecular complexity index is 850. The lowest BCUT2D eigenvalue weighted by molar-refractivity contribution is 0.0554. The maximum atomic E-state index is 12.6. The van der Waals surface area contributed by atoms with Gasteiger partial charge in [-0.15, -0.1) is 0 Å². The molecule has 0 atom stereocenters. The fraction of sp³-hybridized carbons (Fsp3) is 0.0952. The third-order valence-corrected chi connectivity index (χ3v) is 3.73. The first-order valence-corrected chi connectivity index (χ1v) is 7.66. The zero-order valence-electron chi connectivity index (χ0n) is 13.0. The average Bonchev–Trinajstić information content (AvgIpc) is 2.59. The summed E-state index contributed by atoms with van der Waals surface area (Å²) in [5.74, 6) is -0.289. The Morgan fingerprint density at radius 1 is 0.957 bits per heavy atom. The summed E-state index contributed by atoms with van der Waals surface area (Å²) in [6.07, 6.45) is 7.53. The van der Waals surface area contributed by atoms with Crippen molar-refractivity contribution >= 4 is 27.5 Å². The number of carbonyl (C=O) groups excluding carboxylic acids is 1. The van der Waals surface area contributed by atoms with Crippen LogP contribution in [0.15, 0.2) is 78.9 Å². The highest BCUT2D eigenvalue weighted by molar-refractivity contribution is 6.16. The van der Waals surface area contributed by atoms with E-state index in [0.29, 0.717) is 5.56 Å². The summed E-state index contributed by atoms with van der Waals surface area (Å²) in [6.45, 7) is 2.21. The van der Waals surface area contributed by atoms with Crippen LogP contribution in [0.3, 0.4) is 0 Å². The van der Waals surface area contributed by atoms with Gasteiger partial charge in [0.2, 0.25) is 0 Å². The van der Waals surface area contributed by atoms with E-state index in [9.17, 15) is 4.79 Å². The molecule has 0 unspecified atom stereocenters. The van der Waals surface area contributed by atoms with Crippen LogP contribution in [0.2, 0.25) is 0 Å². The van der Waals surface area contributed by atoms with Crippen LogP contribution in [-0.2, 0) is 4.74 Å². The van der Waals surface area contributed by atoms with Crippen molar-refractivity contribution in [3.05, 3.63) is 84.5 Å². The van der Waals surface area contributed by atoms with Gasteiger partial charge in [0.05, 0.1) is 5.56 Å². The van der Waals surface area contributed by atoms with E-state index in [1.807, 2.05) is 79.8 Å². The minimum atomic E-state index is -0.289. The largest absolute Gasteiger partial charge is 0.458 e. The molecule has 0 spiro atoms. The molecular weight excluding hydrogens is 284 g/mol. The van der Waals surface area contributed by atoms with Gasteiger partial charge in [0.15, 0.2) is 0 Å². The predicted octanol–water partition coefficient (Wildman–Crippen LogP) is 5.28. The molecular formula is C21H18O2. The summed E-state index contributed by atoms with van der Waals surface area (Å²) < 4.78 is 5.43. The van der Waals surface area contributed by atoms with Crippen molar-refractivity contribution in [2.45, 2.75) is 6.92 Å². The first-order valence-electron chi connectivity index (χ1n) is 7.66. The monoisotopic (exact) mass is 302 g/mol. The number of ether oxygens (including phenoxy) is 1. The number of fused-ring (bicyclic) bond motifs is 2. The molecule has 3 aromatic carbocycles. The van der Waals surface area contributed by atoms with E-state index in [1.165, 1.54) is 0 Å². The highest BCUT2D eigenvalue weighted by Gasteiger charge is 2.15. The van der Waals surface area contributed by atoms with Crippen LogP contribution in [-0.4, -0.2) is 12.6 Å². The highest BCUT2D eigenvalue weighted by atomic mass is 16.5. The summed E-state index contributed by atoms with van der Waals surface area (Å²) in [7, 11) is 0. The smallest absolute Gasteiger partial charge is 0.339 e. The molecule has 0 aliphatic heterocycles. The lowest BCUT2D eigenvalue weighted by Crippen LogP contribution is -2.06. The zero-order valence-corrected chi connectivity index (χ0v) is 13.0. The van der Waals surface area contributed by atoms with Crippen LogP contribution < -0.4 is 0 Å². The molecule has 0 saturated heterocycles. The standard InChI is InChI=1S/C21H18O2/c1-2-3-4-9-14-23-21(22)20-18-12-7-5-10-16(18)15-17-11-6-8-13-19(17)20/h2-13,15H,14H2,1H3/b3-2+,9-4+. The van der Waals surface area contributed by atoms with Crippen molar-refractivity contribution in [3.8, 4) is 0 Å². The number of esters is 1. The molecule has 2 nitrogen and oxygen atoms in total. The van der Waals surface area contributed by atoms with Crippen molar-refractivity contribution in [1.82, 2.24) is 0 Å². The molecule has 0 radical (unpaired) electrons. The normalized spacial score (nSPS) is 11.7. The molecule has 0 bridgehead atoms. The van der Waals surface area contributed by atoms with E-state index in [4.69, 9.17) is 4.74 Å². The first-order chi connectivity index (χ1) is 11.3.